The number of halogens is 1. The molecule has 1 rings (SSSR count). The number of hydrogen-bond acceptors (Lipinski definition) is 4. The van der Waals surface area contributed by atoms with Crippen molar-refractivity contribution in [3.63, 3.8) is 0 Å². The van der Waals surface area contributed by atoms with Crippen LogP contribution in [-0.4, -0.2) is 26.0 Å². The minimum absolute atomic E-state index is 0.0367. The van der Waals surface area contributed by atoms with Crippen molar-refractivity contribution in [1.29, 1.82) is 0 Å². The van der Waals surface area contributed by atoms with Crippen molar-refractivity contribution in [2.75, 3.05) is 18.1 Å². The fourth-order valence-electron chi connectivity index (χ4n) is 1.20. The van der Waals surface area contributed by atoms with Gasteiger partial charge in [-0.3, -0.25) is 0 Å². The summed E-state index contributed by atoms with van der Waals surface area (Å²) in [5.41, 5.74) is 0.268. The van der Waals surface area contributed by atoms with Gasteiger partial charge in [-0.2, -0.15) is 11.8 Å². The maximum absolute atomic E-state index is 13.7. The van der Waals surface area contributed by atoms with Gasteiger partial charge in [-0.25, -0.2) is 17.9 Å². The first-order chi connectivity index (χ1) is 8.15. The van der Waals surface area contributed by atoms with Gasteiger partial charge in [-0.15, -0.1) is 0 Å². The van der Waals surface area contributed by atoms with E-state index in [1.165, 1.54) is 12.1 Å². The predicted octanol–water partition coefficient (Wildman–Crippen LogP) is 2.03. The molecule has 0 aromatic heterocycles. The monoisotopic (exact) mass is 292 g/mol. The zero-order valence-electron chi connectivity index (χ0n) is 10.5. The van der Waals surface area contributed by atoms with Gasteiger partial charge in [0.05, 0.1) is 10.6 Å². The van der Waals surface area contributed by atoms with E-state index in [1.54, 1.807) is 11.8 Å². The largest absolute Gasteiger partial charge is 0.381 e. The van der Waals surface area contributed by atoms with E-state index in [4.69, 9.17) is 5.14 Å². The molecule has 0 bridgehead atoms. The van der Waals surface area contributed by atoms with E-state index in [1.807, 2.05) is 20.1 Å². The molecular weight excluding hydrogens is 275 g/mol. The molecule has 3 N–H and O–H groups in total. The zero-order valence-corrected chi connectivity index (χ0v) is 12.2. The highest BCUT2D eigenvalue weighted by atomic mass is 32.2. The molecule has 0 aliphatic carbocycles. The Kier molecular flexibility index (Phi) is 4.63. The second-order valence-electron chi connectivity index (χ2n) is 4.50. The van der Waals surface area contributed by atoms with Crippen LogP contribution in [0.4, 0.5) is 10.1 Å². The van der Waals surface area contributed by atoms with Crippen molar-refractivity contribution in [2.45, 2.75) is 23.5 Å². The number of benzene rings is 1. The van der Waals surface area contributed by atoms with Crippen LogP contribution in [0.2, 0.25) is 0 Å². The Morgan fingerprint density at radius 2 is 2.06 bits per heavy atom. The fourth-order valence-corrected chi connectivity index (χ4v) is 1.94. The third kappa shape index (κ3) is 4.15. The van der Waals surface area contributed by atoms with Crippen LogP contribution in [0.15, 0.2) is 23.1 Å². The second kappa shape index (κ2) is 5.46. The number of sulfonamides is 1. The Morgan fingerprint density at radius 1 is 1.44 bits per heavy atom. The molecular formula is C11H17FN2O2S2. The molecule has 0 unspecified atom stereocenters. The first kappa shape index (κ1) is 15.3. The van der Waals surface area contributed by atoms with Crippen LogP contribution in [0.3, 0.4) is 0 Å². The molecule has 0 amide bonds. The van der Waals surface area contributed by atoms with E-state index < -0.39 is 15.8 Å². The van der Waals surface area contributed by atoms with Gasteiger partial charge in [-0.05, 0) is 38.3 Å². The average Bonchev–Trinajstić information content (AvgIpc) is 2.26. The summed E-state index contributed by atoms with van der Waals surface area (Å²) in [4.78, 5) is -0.227. The minimum Gasteiger partial charge on any atom is -0.381 e. The number of primary sulfonamides is 1. The van der Waals surface area contributed by atoms with Gasteiger partial charge in [-0.1, -0.05) is 0 Å². The van der Waals surface area contributed by atoms with E-state index in [2.05, 4.69) is 5.32 Å². The van der Waals surface area contributed by atoms with Gasteiger partial charge in [0, 0.05) is 11.3 Å². The van der Waals surface area contributed by atoms with E-state index >= 15 is 0 Å². The molecule has 0 heterocycles. The zero-order chi connectivity index (χ0) is 14.0. The second-order valence-corrected chi connectivity index (χ2v) is 7.58. The molecule has 0 aliphatic heterocycles. The summed E-state index contributed by atoms with van der Waals surface area (Å²) in [5, 5.41) is 7.87. The number of anilines is 1. The summed E-state index contributed by atoms with van der Waals surface area (Å²) in [7, 11) is -3.86. The van der Waals surface area contributed by atoms with Crippen molar-refractivity contribution in [3.8, 4) is 0 Å². The first-order valence-corrected chi connectivity index (χ1v) is 8.04. The molecule has 18 heavy (non-hydrogen) atoms. The summed E-state index contributed by atoms with van der Waals surface area (Å²) < 4.78 is 35.7. The molecule has 0 saturated heterocycles. The van der Waals surface area contributed by atoms with E-state index in [9.17, 15) is 12.8 Å². The fraction of sp³-hybridized carbons (Fsp3) is 0.455. The number of thioether (sulfide) groups is 1. The van der Waals surface area contributed by atoms with Gasteiger partial charge in [0.25, 0.3) is 0 Å². The summed E-state index contributed by atoms with van der Waals surface area (Å²) in [6.07, 6.45) is 1.97. The number of nitrogens with one attached hydrogen (secondary N) is 1. The Hall–Kier alpha value is -0.790. The Balaban J connectivity index is 2.88. The maximum atomic E-state index is 13.7. The van der Waals surface area contributed by atoms with Crippen molar-refractivity contribution in [2.24, 2.45) is 5.14 Å². The summed E-state index contributed by atoms with van der Waals surface area (Å²) in [5.74, 6) is -0.626. The van der Waals surface area contributed by atoms with Crippen LogP contribution in [0.5, 0.6) is 0 Å². The summed E-state index contributed by atoms with van der Waals surface area (Å²) in [6.45, 7) is 4.63. The first-order valence-electron chi connectivity index (χ1n) is 5.27. The number of nitrogens with two attached hydrogens (primary N) is 1. The normalized spacial score (nSPS) is 12.5. The lowest BCUT2D eigenvalue weighted by atomic mass is 10.2. The Morgan fingerprint density at radius 3 is 2.50 bits per heavy atom. The molecule has 0 radical (unpaired) electrons. The van der Waals surface area contributed by atoms with E-state index in [0.717, 1.165) is 6.07 Å². The van der Waals surface area contributed by atoms with Crippen molar-refractivity contribution in [3.05, 3.63) is 24.0 Å². The molecule has 102 valence electrons. The standard InChI is InChI=1S/C11H17FN2O2S2/c1-11(2,17-3)7-14-10-5-4-8(6-9(10)12)18(13,15)16/h4-6,14H,7H2,1-3H3,(H2,13,15,16). The minimum atomic E-state index is -3.86. The van der Waals surface area contributed by atoms with Crippen molar-refractivity contribution >= 4 is 27.5 Å². The molecule has 4 nitrogen and oxygen atoms in total. The predicted molar refractivity (Wildman–Crippen MR) is 73.9 cm³/mol. The molecule has 0 saturated carbocycles. The Labute approximate surface area is 111 Å². The number of hydrogen-bond donors (Lipinski definition) is 2. The van der Waals surface area contributed by atoms with Crippen LogP contribution in [0.25, 0.3) is 0 Å². The molecule has 0 aliphatic rings. The summed E-state index contributed by atoms with van der Waals surface area (Å²) in [6, 6.07) is 3.59. The topological polar surface area (TPSA) is 72.2 Å². The average molecular weight is 292 g/mol. The maximum Gasteiger partial charge on any atom is 0.238 e. The molecule has 0 atom stereocenters. The highest BCUT2D eigenvalue weighted by Gasteiger charge is 2.17. The van der Waals surface area contributed by atoms with Crippen molar-refractivity contribution in [1.82, 2.24) is 0 Å². The van der Waals surface area contributed by atoms with Crippen LogP contribution in [-0.2, 0) is 10.0 Å². The Bertz CT molecular complexity index is 530. The van der Waals surface area contributed by atoms with Crippen LogP contribution >= 0.6 is 11.8 Å². The van der Waals surface area contributed by atoms with Gasteiger partial charge < -0.3 is 5.32 Å². The SMILES string of the molecule is CSC(C)(C)CNc1ccc(S(N)(=O)=O)cc1F. The van der Waals surface area contributed by atoms with Crippen LogP contribution < -0.4 is 10.5 Å². The highest BCUT2D eigenvalue weighted by Crippen LogP contribution is 2.23. The van der Waals surface area contributed by atoms with Crippen LogP contribution in [0, 0.1) is 5.82 Å². The lowest BCUT2D eigenvalue weighted by molar-refractivity contribution is 0.592. The van der Waals surface area contributed by atoms with Crippen LogP contribution in [0.1, 0.15) is 13.8 Å². The summed E-state index contributed by atoms with van der Waals surface area (Å²) >= 11 is 1.66. The smallest absolute Gasteiger partial charge is 0.238 e. The van der Waals surface area contributed by atoms with Gasteiger partial charge in [0.2, 0.25) is 10.0 Å². The van der Waals surface area contributed by atoms with E-state index in [0.29, 0.717) is 6.54 Å². The third-order valence-corrected chi connectivity index (χ3v) is 4.69. The number of rotatable bonds is 5. The van der Waals surface area contributed by atoms with E-state index in [-0.39, 0.29) is 15.3 Å². The third-order valence-electron chi connectivity index (χ3n) is 2.53. The molecule has 0 spiro atoms. The molecule has 1 aromatic rings. The van der Waals surface area contributed by atoms with Gasteiger partial charge >= 0.3 is 0 Å². The highest BCUT2D eigenvalue weighted by molar-refractivity contribution is 7.99. The van der Waals surface area contributed by atoms with Crippen molar-refractivity contribution < 1.29 is 12.8 Å². The van der Waals surface area contributed by atoms with Gasteiger partial charge in [0.1, 0.15) is 5.82 Å². The lowest BCUT2D eigenvalue weighted by Crippen LogP contribution is -2.26. The molecule has 0 fully saturated rings. The lowest BCUT2D eigenvalue weighted by Gasteiger charge is -2.23. The molecule has 1 aromatic carbocycles. The quantitative estimate of drug-likeness (QED) is 0.871. The van der Waals surface area contributed by atoms with Gasteiger partial charge in [0.15, 0.2) is 0 Å². The molecule has 7 heteroatoms.